The van der Waals surface area contributed by atoms with Crippen LogP contribution in [0.5, 0.6) is 5.75 Å². The molecule has 4 aromatic rings. The number of nitrogens with one attached hydrogen (secondary N) is 2. The summed E-state index contributed by atoms with van der Waals surface area (Å²) in [6.07, 6.45) is 1.47. The van der Waals surface area contributed by atoms with E-state index in [0.717, 1.165) is 33.5 Å². The van der Waals surface area contributed by atoms with Gasteiger partial charge in [-0.2, -0.15) is 0 Å². The maximum absolute atomic E-state index is 6.37. The number of pyridine rings is 1. The van der Waals surface area contributed by atoms with E-state index in [9.17, 15) is 0 Å². The fraction of sp³-hybridized carbons (Fsp3) is 0.136. The lowest BCUT2D eigenvalue weighted by Crippen LogP contribution is -2.06. The number of nitrogens with zero attached hydrogens (tertiary/aromatic N) is 3. The maximum atomic E-state index is 6.37. The molecule has 7 nitrogen and oxygen atoms in total. The molecule has 0 aliphatic rings. The Morgan fingerprint density at radius 3 is 2.41 bits per heavy atom. The first-order chi connectivity index (χ1) is 14.0. The van der Waals surface area contributed by atoms with Gasteiger partial charge in [0.1, 0.15) is 17.8 Å². The van der Waals surface area contributed by atoms with Crippen molar-refractivity contribution in [1.82, 2.24) is 15.0 Å². The second-order valence-electron chi connectivity index (χ2n) is 6.76. The SMILES string of the molecule is COc1ccc(C)cc1Nc1ncnc(Nc2cccc3nc(C)ccc23)c1N. The minimum Gasteiger partial charge on any atom is -0.495 e. The lowest BCUT2D eigenvalue weighted by Gasteiger charge is -2.15. The Morgan fingerprint density at radius 2 is 1.66 bits per heavy atom. The largest absolute Gasteiger partial charge is 0.495 e. The molecule has 0 spiro atoms. The molecule has 7 heteroatoms. The predicted octanol–water partition coefficient (Wildman–Crippen LogP) is 4.72. The third-order valence-electron chi connectivity index (χ3n) is 4.62. The monoisotopic (exact) mass is 386 g/mol. The number of nitrogen functional groups attached to an aromatic ring is 1. The summed E-state index contributed by atoms with van der Waals surface area (Å²) in [7, 11) is 1.63. The normalized spacial score (nSPS) is 10.7. The number of ether oxygens (including phenoxy) is 1. The summed E-state index contributed by atoms with van der Waals surface area (Å²) in [5.74, 6) is 1.72. The molecular weight excluding hydrogens is 364 g/mol. The fourth-order valence-electron chi connectivity index (χ4n) is 3.14. The average molecular weight is 386 g/mol. The van der Waals surface area contributed by atoms with Gasteiger partial charge in [-0.3, -0.25) is 4.98 Å². The van der Waals surface area contributed by atoms with E-state index in [2.05, 4.69) is 25.6 Å². The van der Waals surface area contributed by atoms with Gasteiger partial charge in [-0.05, 0) is 55.8 Å². The highest BCUT2D eigenvalue weighted by atomic mass is 16.5. The van der Waals surface area contributed by atoms with E-state index in [1.165, 1.54) is 6.33 Å². The van der Waals surface area contributed by atoms with Crippen molar-refractivity contribution in [2.75, 3.05) is 23.5 Å². The van der Waals surface area contributed by atoms with E-state index < -0.39 is 0 Å². The van der Waals surface area contributed by atoms with Crippen LogP contribution in [0, 0.1) is 13.8 Å². The van der Waals surface area contributed by atoms with E-state index in [1.807, 2.05) is 62.4 Å². The van der Waals surface area contributed by atoms with Gasteiger partial charge in [-0.25, -0.2) is 9.97 Å². The number of methoxy groups -OCH3 is 1. The fourth-order valence-corrected chi connectivity index (χ4v) is 3.14. The summed E-state index contributed by atoms with van der Waals surface area (Å²) in [5.41, 5.74) is 11.4. The van der Waals surface area contributed by atoms with Gasteiger partial charge in [-0.15, -0.1) is 0 Å². The van der Waals surface area contributed by atoms with Gasteiger partial charge in [-0.1, -0.05) is 12.1 Å². The molecule has 2 heterocycles. The molecule has 0 radical (unpaired) electrons. The molecule has 2 aromatic heterocycles. The molecule has 4 N–H and O–H groups in total. The van der Waals surface area contributed by atoms with E-state index in [4.69, 9.17) is 10.5 Å². The van der Waals surface area contributed by atoms with Crippen LogP contribution < -0.4 is 21.1 Å². The van der Waals surface area contributed by atoms with Crippen molar-refractivity contribution >= 4 is 39.6 Å². The van der Waals surface area contributed by atoms with E-state index >= 15 is 0 Å². The molecule has 146 valence electrons. The maximum Gasteiger partial charge on any atom is 0.159 e. The Hall–Kier alpha value is -3.87. The van der Waals surface area contributed by atoms with Crippen molar-refractivity contribution in [3.05, 3.63) is 66.1 Å². The summed E-state index contributed by atoms with van der Waals surface area (Å²) in [5, 5.41) is 7.56. The van der Waals surface area contributed by atoms with Crippen LogP contribution >= 0.6 is 0 Å². The van der Waals surface area contributed by atoms with Crippen molar-refractivity contribution < 1.29 is 4.74 Å². The van der Waals surface area contributed by atoms with Crippen LogP contribution in [0.25, 0.3) is 10.9 Å². The average Bonchev–Trinajstić information content (AvgIpc) is 2.71. The van der Waals surface area contributed by atoms with Crippen molar-refractivity contribution in [1.29, 1.82) is 0 Å². The number of anilines is 5. The molecule has 0 bridgehead atoms. The summed E-state index contributed by atoms with van der Waals surface area (Å²) < 4.78 is 5.43. The standard InChI is InChI=1S/C22H22N6O/c1-13-7-10-19(29-3)18(11-13)28-22-20(23)21(24-12-25-22)27-17-6-4-5-16-15(17)9-8-14(2)26-16/h4-12H,23H2,1-3H3,(H2,24,25,27,28). The minimum absolute atomic E-state index is 0.410. The predicted molar refractivity (Wildman–Crippen MR) is 117 cm³/mol. The quantitative estimate of drug-likeness (QED) is 0.456. The number of fused-ring (bicyclic) bond motifs is 1. The molecule has 0 aliphatic heterocycles. The molecule has 0 saturated carbocycles. The highest BCUT2D eigenvalue weighted by Crippen LogP contribution is 2.33. The molecule has 0 atom stereocenters. The number of hydrogen-bond acceptors (Lipinski definition) is 7. The van der Waals surface area contributed by atoms with Crippen LogP contribution in [-0.2, 0) is 0 Å². The van der Waals surface area contributed by atoms with Gasteiger partial charge < -0.3 is 21.1 Å². The Morgan fingerprint density at radius 1 is 0.897 bits per heavy atom. The van der Waals surface area contributed by atoms with Gasteiger partial charge in [0.25, 0.3) is 0 Å². The van der Waals surface area contributed by atoms with Crippen LogP contribution in [0.1, 0.15) is 11.3 Å². The highest BCUT2D eigenvalue weighted by Gasteiger charge is 2.12. The first kappa shape index (κ1) is 18.5. The zero-order valence-electron chi connectivity index (χ0n) is 16.5. The van der Waals surface area contributed by atoms with Crippen molar-refractivity contribution in [2.24, 2.45) is 0 Å². The molecule has 2 aromatic carbocycles. The van der Waals surface area contributed by atoms with Crippen LogP contribution in [0.2, 0.25) is 0 Å². The number of hydrogen-bond donors (Lipinski definition) is 3. The molecule has 0 unspecified atom stereocenters. The van der Waals surface area contributed by atoms with Crippen molar-refractivity contribution in [3.8, 4) is 5.75 Å². The van der Waals surface area contributed by atoms with Gasteiger partial charge in [0.15, 0.2) is 11.6 Å². The second kappa shape index (κ2) is 7.63. The van der Waals surface area contributed by atoms with Crippen LogP contribution in [0.15, 0.2) is 54.9 Å². The molecule has 4 rings (SSSR count). The van der Waals surface area contributed by atoms with Gasteiger partial charge in [0, 0.05) is 16.8 Å². The van der Waals surface area contributed by atoms with E-state index in [-0.39, 0.29) is 0 Å². The lowest BCUT2D eigenvalue weighted by atomic mass is 10.1. The summed E-state index contributed by atoms with van der Waals surface area (Å²) in [6.45, 7) is 3.98. The number of rotatable bonds is 5. The zero-order valence-corrected chi connectivity index (χ0v) is 16.5. The second-order valence-corrected chi connectivity index (χ2v) is 6.76. The topological polar surface area (TPSA) is 98.0 Å². The third kappa shape index (κ3) is 3.75. The lowest BCUT2D eigenvalue weighted by molar-refractivity contribution is 0.416. The minimum atomic E-state index is 0.410. The van der Waals surface area contributed by atoms with Crippen LogP contribution in [0.3, 0.4) is 0 Å². The molecule has 0 aliphatic carbocycles. The Labute approximate surface area is 169 Å². The summed E-state index contributed by atoms with van der Waals surface area (Å²) in [6, 6.07) is 15.8. The Bertz CT molecular complexity index is 1190. The van der Waals surface area contributed by atoms with Gasteiger partial charge in [0.05, 0.1) is 18.3 Å². The van der Waals surface area contributed by atoms with Gasteiger partial charge in [0.2, 0.25) is 0 Å². The van der Waals surface area contributed by atoms with Crippen molar-refractivity contribution in [2.45, 2.75) is 13.8 Å². The first-order valence-electron chi connectivity index (χ1n) is 9.20. The van der Waals surface area contributed by atoms with Crippen molar-refractivity contribution in [3.63, 3.8) is 0 Å². The van der Waals surface area contributed by atoms with Crippen LogP contribution in [-0.4, -0.2) is 22.1 Å². The number of aryl methyl sites for hydroxylation is 2. The third-order valence-corrected chi connectivity index (χ3v) is 4.62. The van der Waals surface area contributed by atoms with E-state index in [0.29, 0.717) is 23.1 Å². The highest BCUT2D eigenvalue weighted by molar-refractivity contribution is 5.94. The molecule has 29 heavy (non-hydrogen) atoms. The Balaban J connectivity index is 1.69. The van der Waals surface area contributed by atoms with Gasteiger partial charge >= 0.3 is 0 Å². The first-order valence-corrected chi connectivity index (χ1v) is 9.20. The summed E-state index contributed by atoms with van der Waals surface area (Å²) >= 11 is 0. The smallest absolute Gasteiger partial charge is 0.159 e. The molecule has 0 saturated heterocycles. The van der Waals surface area contributed by atoms with Crippen LogP contribution in [0.4, 0.5) is 28.7 Å². The van der Waals surface area contributed by atoms with E-state index in [1.54, 1.807) is 7.11 Å². The number of nitrogens with two attached hydrogens (primary N) is 1. The number of aromatic nitrogens is 3. The molecule has 0 amide bonds. The summed E-state index contributed by atoms with van der Waals surface area (Å²) in [4.78, 5) is 13.2. The molecular formula is C22H22N6O. The Kier molecular flexibility index (Phi) is 4.87. The number of benzene rings is 2. The molecule has 0 fully saturated rings. The zero-order chi connectivity index (χ0) is 20.4.